The standard InChI is InChI=1S/C10H13FO2S/c1-10(2,8-11)14(12,13)9-6-4-3-5-7-9/h3-7H,8H2,1-2H3. The Morgan fingerprint density at radius 2 is 1.71 bits per heavy atom. The lowest BCUT2D eigenvalue weighted by Gasteiger charge is -2.20. The molecular weight excluding hydrogens is 203 g/mol. The predicted molar refractivity (Wildman–Crippen MR) is 53.7 cm³/mol. The van der Waals surface area contributed by atoms with Gasteiger partial charge in [-0.05, 0) is 26.0 Å². The number of hydrogen-bond acceptors (Lipinski definition) is 2. The van der Waals surface area contributed by atoms with Crippen molar-refractivity contribution in [1.82, 2.24) is 0 Å². The van der Waals surface area contributed by atoms with Gasteiger partial charge in [-0.3, -0.25) is 0 Å². The third-order valence-electron chi connectivity index (χ3n) is 2.10. The molecule has 0 heterocycles. The number of benzene rings is 1. The van der Waals surface area contributed by atoms with E-state index in [1.165, 1.54) is 26.0 Å². The van der Waals surface area contributed by atoms with E-state index in [-0.39, 0.29) is 4.90 Å². The zero-order valence-electron chi connectivity index (χ0n) is 8.20. The van der Waals surface area contributed by atoms with Crippen molar-refractivity contribution >= 4 is 9.84 Å². The highest BCUT2D eigenvalue weighted by Gasteiger charge is 2.35. The average Bonchev–Trinajstić information content (AvgIpc) is 2.19. The van der Waals surface area contributed by atoms with Crippen LogP contribution in [-0.2, 0) is 9.84 Å². The highest BCUT2D eigenvalue weighted by molar-refractivity contribution is 7.92. The van der Waals surface area contributed by atoms with E-state index in [1.807, 2.05) is 0 Å². The van der Waals surface area contributed by atoms with Crippen molar-refractivity contribution in [1.29, 1.82) is 0 Å². The van der Waals surface area contributed by atoms with Gasteiger partial charge >= 0.3 is 0 Å². The van der Waals surface area contributed by atoms with Gasteiger partial charge in [0.15, 0.2) is 9.84 Å². The molecule has 0 unspecified atom stereocenters. The summed E-state index contributed by atoms with van der Waals surface area (Å²) in [5, 5.41) is 0. The first-order valence-electron chi connectivity index (χ1n) is 4.27. The maximum absolute atomic E-state index is 12.6. The Kier molecular flexibility index (Phi) is 2.95. The molecular formula is C10H13FO2S. The molecule has 2 nitrogen and oxygen atoms in total. The monoisotopic (exact) mass is 216 g/mol. The van der Waals surface area contributed by atoms with E-state index < -0.39 is 21.3 Å². The summed E-state index contributed by atoms with van der Waals surface area (Å²) in [5.74, 6) is 0. The Balaban J connectivity index is 3.23. The molecule has 4 heteroatoms. The van der Waals surface area contributed by atoms with E-state index in [4.69, 9.17) is 0 Å². The smallest absolute Gasteiger partial charge is 0.186 e. The van der Waals surface area contributed by atoms with Crippen LogP contribution >= 0.6 is 0 Å². The van der Waals surface area contributed by atoms with Crippen molar-refractivity contribution < 1.29 is 12.8 Å². The minimum absolute atomic E-state index is 0.169. The van der Waals surface area contributed by atoms with Gasteiger partial charge < -0.3 is 0 Å². The summed E-state index contributed by atoms with van der Waals surface area (Å²) in [4.78, 5) is 0.169. The highest BCUT2D eigenvalue weighted by Crippen LogP contribution is 2.25. The van der Waals surface area contributed by atoms with Gasteiger partial charge in [0.2, 0.25) is 0 Å². The molecule has 0 bridgehead atoms. The van der Waals surface area contributed by atoms with Gasteiger partial charge in [-0.2, -0.15) is 0 Å². The minimum Gasteiger partial charge on any atom is -0.249 e. The first-order valence-corrected chi connectivity index (χ1v) is 5.76. The van der Waals surface area contributed by atoms with Crippen molar-refractivity contribution in [3.05, 3.63) is 30.3 Å². The SMILES string of the molecule is CC(C)(CF)S(=O)(=O)c1ccccc1. The number of alkyl halides is 1. The molecule has 1 aromatic rings. The van der Waals surface area contributed by atoms with Gasteiger partial charge in [-0.1, -0.05) is 18.2 Å². The van der Waals surface area contributed by atoms with Crippen molar-refractivity contribution in [2.45, 2.75) is 23.5 Å². The van der Waals surface area contributed by atoms with E-state index in [0.29, 0.717) is 0 Å². The molecule has 0 aliphatic heterocycles. The second-order valence-electron chi connectivity index (χ2n) is 3.71. The zero-order chi connectivity index (χ0) is 10.8. The number of halogens is 1. The van der Waals surface area contributed by atoms with E-state index >= 15 is 0 Å². The fourth-order valence-corrected chi connectivity index (χ4v) is 2.29. The van der Waals surface area contributed by atoms with Gasteiger partial charge in [-0.15, -0.1) is 0 Å². The maximum atomic E-state index is 12.6. The largest absolute Gasteiger partial charge is 0.249 e. The number of rotatable bonds is 3. The molecule has 0 amide bonds. The zero-order valence-corrected chi connectivity index (χ0v) is 9.01. The van der Waals surface area contributed by atoms with E-state index in [1.54, 1.807) is 18.2 Å². The molecule has 1 aromatic carbocycles. The number of hydrogen-bond donors (Lipinski definition) is 0. The average molecular weight is 216 g/mol. The van der Waals surface area contributed by atoms with Crippen LogP contribution in [0.2, 0.25) is 0 Å². The van der Waals surface area contributed by atoms with Gasteiger partial charge in [-0.25, -0.2) is 12.8 Å². The lowest BCUT2D eigenvalue weighted by atomic mass is 10.2. The van der Waals surface area contributed by atoms with E-state index in [9.17, 15) is 12.8 Å². The van der Waals surface area contributed by atoms with Crippen molar-refractivity contribution in [2.75, 3.05) is 6.67 Å². The molecule has 0 aromatic heterocycles. The lowest BCUT2D eigenvalue weighted by molar-refractivity contribution is 0.410. The molecule has 0 atom stereocenters. The van der Waals surface area contributed by atoms with E-state index in [2.05, 4.69) is 0 Å². The van der Waals surface area contributed by atoms with E-state index in [0.717, 1.165) is 0 Å². The molecule has 1 rings (SSSR count). The molecule has 0 fully saturated rings. The molecule has 0 saturated heterocycles. The fraction of sp³-hybridized carbons (Fsp3) is 0.400. The molecule has 0 N–H and O–H groups in total. The van der Waals surface area contributed by atoms with Crippen LogP contribution < -0.4 is 0 Å². The predicted octanol–water partition coefficient (Wildman–Crippen LogP) is 2.21. The molecule has 0 spiro atoms. The summed E-state index contributed by atoms with van der Waals surface area (Å²) >= 11 is 0. The van der Waals surface area contributed by atoms with Crippen LogP contribution in [0.5, 0.6) is 0 Å². The first kappa shape index (κ1) is 11.2. The summed E-state index contributed by atoms with van der Waals surface area (Å²) in [6.45, 7) is 1.88. The Morgan fingerprint density at radius 1 is 1.21 bits per heavy atom. The Hall–Kier alpha value is -0.900. The van der Waals surface area contributed by atoms with Crippen molar-refractivity contribution in [3.8, 4) is 0 Å². The second kappa shape index (κ2) is 3.69. The summed E-state index contributed by atoms with van der Waals surface area (Å²) < 4.78 is 34.9. The molecule has 14 heavy (non-hydrogen) atoms. The molecule has 0 aliphatic carbocycles. The van der Waals surface area contributed by atoms with Gasteiger partial charge in [0.1, 0.15) is 6.67 Å². The normalized spacial score (nSPS) is 12.8. The fourth-order valence-electron chi connectivity index (χ4n) is 0.991. The molecule has 0 saturated carbocycles. The third kappa shape index (κ3) is 1.80. The quantitative estimate of drug-likeness (QED) is 0.776. The van der Waals surface area contributed by atoms with Gasteiger partial charge in [0.25, 0.3) is 0 Å². The highest BCUT2D eigenvalue weighted by atomic mass is 32.2. The Labute approximate surface area is 83.7 Å². The Morgan fingerprint density at radius 3 is 2.14 bits per heavy atom. The van der Waals surface area contributed by atoms with Crippen molar-refractivity contribution in [3.63, 3.8) is 0 Å². The first-order chi connectivity index (χ1) is 6.42. The number of sulfone groups is 1. The summed E-state index contributed by atoms with van der Waals surface area (Å²) in [6, 6.07) is 7.93. The van der Waals surface area contributed by atoms with Crippen LogP contribution in [0.25, 0.3) is 0 Å². The van der Waals surface area contributed by atoms with Crippen LogP contribution in [0.1, 0.15) is 13.8 Å². The topological polar surface area (TPSA) is 34.1 Å². The third-order valence-corrected chi connectivity index (χ3v) is 4.56. The lowest BCUT2D eigenvalue weighted by Crippen LogP contribution is -2.34. The maximum Gasteiger partial charge on any atom is 0.186 e. The van der Waals surface area contributed by atoms with Crippen LogP contribution in [0, 0.1) is 0 Å². The van der Waals surface area contributed by atoms with Crippen molar-refractivity contribution in [2.24, 2.45) is 0 Å². The van der Waals surface area contributed by atoms with Crippen LogP contribution in [0.4, 0.5) is 4.39 Å². The second-order valence-corrected chi connectivity index (χ2v) is 6.29. The van der Waals surface area contributed by atoms with Gasteiger partial charge in [0.05, 0.1) is 9.64 Å². The van der Waals surface area contributed by atoms with Gasteiger partial charge in [0, 0.05) is 0 Å². The minimum atomic E-state index is -3.56. The summed E-state index contributed by atoms with van der Waals surface area (Å²) in [7, 11) is -3.56. The summed E-state index contributed by atoms with van der Waals surface area (Å²) in [5.41, 5.74) is 0. The van der Waals surface area contributed by atoms with Crippen LogP contribution in [-0.4, -0.2) is 19.8 Å². The molecule has 0 aliphatic rings. The van der Waals surface area contributed by atoms with Crippen LogP contribution in [0.15, 0.2) is 35.2 Å². The summed E-state index contributed by atoms with van der Waals surface area (Å²) in [6.07, 6.45) is 0. The molecule has 78 valence electrons. The molecule has 0 radical (unpaired) electrons. The van der Waals surface area contributed by atoms with Crippen LogP contribution in [0.3, 0.4) is 0 Å². The Bertz CT molecular complexity index is 395.